The number of fused-ring (bicyclic) bond motifs is 1. The molecule has 0 unspecified atom stereocenters. The second kappa shape index (κ2) is 5.94. The molecule has 3 rings (SSSR count). The summed E-state index contributed by atoms with van der Waals surface area (Å²) in [4.78, 5) is 16.6. The number of halogens is 1. The fourth-order valence-electron chi connectivity index (χ4n) is 2.04. The van der Waals surface area contributed by atoms with Crippen molar-refractivity contribution in [2.45, 2.75) is 6.92 Å². The number of hydrogen-bond donors (Lipinski definition) is 1. The number of aromatic nitrogens is 1. The molecule has 0 saturated carbocycles. The Morgan fingerprint density at radius 1 is 1.23 bits per heavy atom. The van der Waals surface area contributed by atoms with E-state index in [-0.39, 0.29) is 5.91 Å². The van der Waals surface area contributed by atoms with Gasteiger partial charge in [0.2, 0.25) is 0 Å². The molecule has 1 N–H and O–H groups in total. The Morgan fingerprint density at radius 2 is 1.95 bits per heavy atom. The Balaban J connectivity index is 1.92. The van der Waals surface area contributed by atoms with Crippen LogP contribution in [0.2, 0.25) is 5.02 Å². The number of benzene rings is 2. The third-order valence-corrected chi connectivity index (χ3v) is 4.64. The lowest BCUT2D eigenvalue weighted by Crippen LogP contribution is -2.11. The molecule has 22 heavy (non-hydrogen) atoms. The van der Waals surface area contributed by atoms with Crippen molar-refractivity contribution in [2.75, 3.05) is 12.4 Å². The van der Waals surface area contributed by atoms with E-state index in [1.165, 1.54) is 11.3 Å². The van der Waals surface area contributed by atoms with Crippen LogP contribution in [-0.4, -0.2) is 18.0 Å². The van der Waals surface area contributed by atoms with Crippen LogP contribution in [0.5, 0.6) is 5.75 Å². The lowest BCUT2D eigenvalue weighted by Gasteiger charge is -2.01. The number of nitrogens with zero attached hydrogens (tertiary/aromatic N) is 1. The fraction of sp³-hybridized carbons (Fsp3) is 0.125. The molecular formula is C16H13ClN2O2S. The summed E-state index contributed by atoms with van der Waals surface area (Å²) >= 11 is 7.50. The van der Waals surface area contributed by atoms with E-state index in [0.717, 1.165) is 10.3 Å². The number of aryl methyl sites for hydroxylation is 1. The Bertz CT molecular complexity index is 843. The number of hydrogen-bond acceptors (Lipinski definition) is 4. The molecule has 1 aromatic heterocycles. The van der Waals surface area contributed by atoms with Crippen molar-refractivity contribution >= 4 is 44.2 Å². The molecule has 0 bridgehead atoms. The second-order valence-corrected chi connectivity index (χ2v) is 6.17. The SMILES string of the molecule is COc1ccc(Cl)c2sc(NC(=O)c3ccc(C)cc3)nc12. The van der Waals surface area contributed by atoms with Crippen LogP contribution >= 0.6 is 22.9 Å². The van der Waals surface area contributed by atoms with Crippen molar-refractivity contribution in [3.63, 3.8) is 0 Å². The van der Waals surface area contributed by atoms with Crippen LogP contribution in [0, 0.1) is 6.92 Å². The number of carbonyl (C=O) groups excluding carboxylic acids is 1. The van der Waals surface area contributed by atoms with Gasteiger partial charge < -0.3 is 4.74 Å². The van der Waals surface area contributed by atoms with Crippen LogP contribution in [0.1, 0.15) is 15.9 Å². The summed E-state index contributed by atoms with van der Waals surface area (Å²) in [6.45, 7) is 1.98. The number of nitrogens with one attached hydrogen (secondary N) is 1. The third-order valence-electron chi connectivity index (χ3n) is 3.21. The zero-order chi connectivity index (χ0) is 15.7. The average molecular weight is 333 g/mol. The minimum absolute atomic E-state index is 0.200. The summed E-state index contributed by atoms with van der Waals surface area (Å²) in [6.07, 6.45) is 0. The van der Waals surface area contributed by atoms with Gasteiger partial charge >= 0.3 is 0 Å². The maximum Gasteiger partial charge on any atom is 0.257 e. The summed E-state index contributed by atoms with van der Waals surface area (Å²) in [5, 5.41) is 3.88. The zero-order valence-corrected chi connectivity index (χ0v) is 13.6. The van der Waals surface area contributed by atoms with Crippen molar-refractivity contribution in [2.24, 2.45) is 0 Å². The van der Waals surface area contributed by atoms with Crippen molar-refractivity contribution < 1.29 is 9.53 Å². The molecule has 2 aromatic carbocycles. The number of anilines is 1. The van der Waals surface area contributed by atoms with Crippen LogP contribution in [-0.2, 0) is 0 Å². The monoisotopic (exact) mass is 332 g/mol. The first-order chi connectivity index (χ1) is 10.6. The molecule has 1 amide bonds. The van der Waals surface area contributed by atoms with Crippen LogP contribution < -0.4 is 10.1 Å². The summed E-state index contributed by atoms with van der Waals surface area (Å²) in [6, 6.07) is 10.9. The number of ether oxygens (including phenoxy) is 1. The number of carbonyl (C=O) groups is 1. The summed E-state index contributed by atoms with van der Waals surface area (Å²) in [5.74, 6) is 0.431. The molecule has 0 fully saturated rings. The van der Waals surface area contributed by atoms with Gasteiger partial charge in [0.1, 0.15) is 11.3 Å². The fourth-order valence-corrected chi connectivity index (χ4v) is 3.20. The van der Waals surface area contributed by atoms with Crippen molar-refractivity contribution in [1.82, 2.24) is 4.98 Å². The predicted molar refractivity (Wildman–Crippen MR) is 90.3 cm³/mol. The van der Waals surface area contributed by atoms with E-state index in [0.29, 0.717) is 27.0 Å². The van der Waals surface area contributed by atoms with E-state index in [4.69, 9.17) is 16.3 Å². The maximum absolute atomic E-state index is 12.2. The standard InChI is InChI=1S/C16H13ClN2O2S/c1-9-3-5-10(6-4-9)15(20)19-16-18-13-12(21-2)8-7-11(17)14(13)22-16/h3-8H,1-2H3,(H,18,19,20). The normalized spacial score (nSPS) is 10.7. The highest BCUT2D eigenvalue weighted by Crippen LogP contribution is 2.37. The largest absolute Gasteiger partial charge is 0.494 e. The molecule has 0 spiro atoms. The first-order valence-electron chi connectivity index (χ1n) is 6.59. The van der Waals surface area contributed by atoms with Crippen LogP contribution in [0.4, 0.5) is 5.13 Å². The molecular weight excluding hydrogens is 320 g/mol. The van der Waals surface area contributed by atoms with Crippen LogP contribution in [0.15, 0.2) is 36.4 Å². The molecule has 0 aliphatic carbocycles. The Labute approximate surface area is 136 Å². The van der Waals surface area contributed by atoms with Gasteiger partial charge in [-0.15, -0.1) is 0 Å². The number of thiazole rings is 1. The van der Waals surface area contributed by atoms with Crippen molar-refractivity contribution in [1.29, 1.82) is 0 Å². The number of rotatable bonds is 3. The zero-order valence-electron chi connectivity index (χ0n) is 12.0. The van der Waals surface area contributed by atoms with E-state index in [9.17, 15) is 4.79 Å². The lowest BCUT2D eigenvalue weighted by atomic mass is 10.1. The number of methoxy groups -OCH3 is 1. The first kappa shape index (κ1) is 14.8. The molecule has 0 aliphatic heterocycles. The van der Waals surface area contributed by atoms with E-state index in [1.807, 2.05) is 19.1 Å². The topological polar surface area (TPSA) is 51.2 Å². The highest BCUT2D eigenvalue weighted by molar-refractivity contribution is 7.23. The number of amides is 1. The average Bonchev–Trinajstić information content (AvgIpc) is 2.93. The Kier molecular flexibility index (Phi) is 4.00. The van der Waals surface area contributed by atoms with Crippen molar-refractivity contribution in [3.05, 3.63) is 52.5 Å². The van der Waals surface area contributed by atoms with Crippen LogP contribution in [0.25, 0.3) is 10.2 Å². The summed E-state index contributed by atoms with van der Waals surface area (Å²) < 4.78 is 6.06. The Hall–Kier alpha value is -2.11. The van der Waals surface area contributed by atoms with E-state index in [1.54, 1.807) is 31.4 Å². The Morgan fingerprint density at radius 3 is 2.64 bits per heavy atom. The van der Waals surface area contributed by atoms with Gasteiger partial charge in [0.05, 0.1) is 16.8 Å². The molecule has 0 saturated heterocycles. The van der Waals surface area contributed by atoms with E-state index in [2.05, 4.69) is 10.3 Å². The second-order valence-electron chi connectivity index (χ2n) is 4.77. The minimum atomic E-state index is -0.200. The third kappa shape index (κ3) is 2.77. The smallest absolute Gasteiger partial charge is 0.257 e. The van der Waals surface area contributed by atoms with E-state index < -0.39 is 0 Å². The predicted octanol–water partition coefficient (Wildman–Crippen LogP) is 4.52. The van der Waals surface area contributed by atoms with Gasteiger partial charge in [-0.05, 0) is 31.2 Å². The maximum atomic E-state index is 12.2. The van der Waals surface area contributed by atoms with Gasteiger partial charge in [0, 0.05) is 5.56 Å². The van der Waals surface area contributed by atoms with Gasteiger partial charge in [-0.25, -0.2) is 4.98 Å². The van der Waals surface area contributed by atoms with Gasteiger partial charge in [0.25, 0.3) is 5.91 Å². The molecule has 0 aliphatic rings. The van der Waals surface area contributed by atoms with Gasteiger partial charge in [-0.2, -0.15) is 0 Å². The van der Waals surface area contributed by atoms with Crippen molar-refractivity contribution in [3.8, 4) is 5.75 Å². The summed E-state index contributed by atoms with van der Waals surface area (Å²) in [5.41, 5.74) is 2.34. The quantitative estimate of drug-likeness (QED) is 0.767. The molecule has 4 nitrogen and oxygen atoms in total. The van der Waals surface area contributed by atoms with E-state index >= 15 is 0 Å². The molecule has 112 valence electrons. The van der Waals surface area contributed by atoms with Gasteiger partial charge in [0.15, 0.2) is 5.13 Å². The first-order valence-corrected chi connectivity index (χ1v) is 7.79. The molecule has 6 heteroatoms. The molecule has 1 heterocycles. The molecule has 0 radical (unpaired) electrons. The highest BCUT2D eigenvalue weighted by atomic mass is 35.5. The lowest BCUT2D eigenvalue weighted by molar-refractivity contribution is 0.102. The van der Waals surface area contributed by atoms with Gasteiger partial charge in [-0.3, -0.25) is 10.1 Å². The van der Waals surface area contributed by atoms with Crippen LogP contribution in [0.3, 0.4) is 0 Å². The summed E-state index contributed by atoms with van der Waals surface area (Å²) in [7, 11) is 1.58. The molecule has 3 aromatic rings. The molecule has 0 atom stereocenters. The minimum Gasteiger partial charge on any atom is -0.494 e. The highest BCUT2D eigenvalue weighted by Gasteiger charge is 2.14. The van der Waals surface area contributed by atoms with Gasteiger partial charge in [-0.1, -0.05) is 40.6 Å².